The zero-order chi connectivity index (χ0) is 17.1. The van der Waals surface area contributed by atoms with E-state index < -0.39 is 11.2 Å². The highest BCUT2D eigenvalue weighted by Crippen LogP contribution is 2.24. The molecule has 2 rings (SSSR count). The third-order valence-corrected chi connectivity index (χ3v) is 3.79. The van der Waals surface area contributed by atoms with E-state index in [1.165, 1.54) is 12.1 Å². The highest BCUT2D eigenvalue weighted by Gasteiger charge is 2.35. The lowest BCUT2D eigenvalue weighted by Crippen LogP contribution is -2.50. The molecule has 0 aromatic heterocycles. The fourth-order valence-electron chi connectivity index (χ4n) is 2.47. The highest BCUT2D eigenvalue weighted by atomic mass is 19.1. The van der Waals surface area contributed by atoms with E-state index >= 15 is 0 Å². The number of amides is 1. The normalized spacial score (nSPS) is 17.7. The number of rotatable bonds is 3. The molecule has 0 spiro atoms. The molecule has 1 aliphatic heterocycles. The minimum atomic E-state index is -0.912. The highest BCUT2D eigenvalue weighted by molar-refractivity contribution is 5.68. The van der Waals surface area contributed by atoms with Gasteiger partial charge in [0.05, 0.1) is 5.60 Å². The van der Waals surface area contributed by atoms with E-state index in [0.29, 0.717) is 38.2 Å². The van der Waals surface area contributed by atoms with Crippen molar-refractivity contribution < 1.29 is 19.0 Å². The van der Waals surface area contributed by atoms with Crippen LogP contribution in [0.5, 0.6) is 0 Å². The lowest BCUT2D eigenvalue weighted by Gasteiger charge is -2.38. The molecule has 1 amide bonds. The molecular formula is C17H25FN2O3. The largest absolute Gasteiger partial charge is 0.444 e. The summed E-state index contributed by atoms with van der Waals surface area (Å²) in [7, 11) is 0. The quantitative estimate of drug-likeness (QED) is 0.897. The second kappa shape index (κ2) is 6.74. The average Bonchev–Trinajstić information content (AvgIpc) is 2.44. The first-order valence-corrected chi connectivity index (χ1v) is 7.87. The molecule has 6 heteroatoms. The maximum Gasteiger partial charge on any atom is 0.410 e. The number of carbonyl (C=O) groups is 1. The number of halogens is 1. The van der Waals surface area contributed by atoms with Crippen LogP contribution in [-0.2, 0) is 4.74 Å². The van der Waals surface area contributed by atoms with Crippen molar-refractivity contribution in [1.82, 2.24) is 4.90 Å². The van der Waals surface area contributed by atoms with Gasteiger partial charge in [0.15, 0.2) is 0 Å². The van der Waals surface area contributed by atoms with Crippen molar-refractivity contribution >= 4 is 11.8 Å². The van der Waals surface area contributed by atoms with E-state index in [9.17, 15) is 14.3 Å². The molecule has 1 aromatic rings. The minimum Gasteiger partial charge on any atom is -0.444 e. The Hall–Kier alpha value is -1.82. The number of likely N-dealkylation sites (tertiary alicyclic amines) is 1. The number of ether oxygens (including phenoxy) is 1. The maximum absolute atomic E-state index is 13.1. The molecule has 0 saturated carbocycles. The summed E-state index contributed by atoms with van der Waals surface area (Å²) in [5.74, 6) is -0.318. The third kappa shape index (κ3) is 5.39. The van der Waals surface area contributed by atoms with Gasteiger partial charge in [-0.05, 0) is 51.8 Å². The molecule has 1 aliphatic rings. The fraction of sp³-hybridized carbons (Fsp3) is 0.588. The van der Waals surface area contributed by atoms with Crippen LogP contribution in [0.3, 0.4) is 0 Å². The fourth-order valence-corrected chi connectivity index (χ4v) is 2.47. The van der Waals surface area contributed by atoms with Crippen LogP contribution >= 0.6 is 0 Å². The van der Waals surface area contributed by atoms with E-state index in [4.69, 9.17) is 4.74 Å². The average molecular weight is 324 g/mol. The van der Waals surface area contributed by atoms with Crippen LogP contribution in [0.15, 0.2) is 24.3 Å². The van der Waals surface area contributed by atoms with Crippen molar-refractivity contribution in [3.05, 3.63) is 30.1 Å². The Labute approximate surface area is 136 Å². The Balaban J connectivity index is 1.83. The molecular weight excluding hydrogens is 299 g/mol. The molecule has 1 saturated heterocycles. The number of hydrogen-bond donors (Lipinski definition) is 2. The summed E-state index contributed by atoms with van der Waals surface area (Å²) < 4.78 is 18.5. The van der Waals surface area contributed by atoms with Crippen LogP contribution < -0.4 is 5.32 Å². The van der Waals surface area contributed by atoms with Gasteiger partial charge in [0, 0.05) is 25.3 Å². The van der Waals surface area contributed by atoms with E-state index in [0.717, 1.165) is 0 Å². The first kappa shape index (κ1) is 17.5. The molecule has 0 radical (unpaired) electrons. The summed E-state index contributed by atoms with van der Waals surface area (Å²) in [5, 5.41) is 13.7. The Morgan fingerprint density at radius 3 is 2.61 bits per heavy atom. The molecule has 2 N–H and O–H groups in total. The summed E-state index contributed by atoms with van der Waals surface area (Å²) >= 11 is 0. The van der Waals surface area contributed by atoms with Gasteiger partial charge in [-0.15, -0.1) is 0 Å². The van der Waals surface area contributed by atoms with Gasteiger partial charge in [-0.2, -0.15) is 0 Å². The van der Waals surface area contributed by atoms with E-state index in [2.05, 4.69) is 5.32 Å². The second-order valence-electron chi connectivity index (χ2n) is 7.06. The zero-order valence-corrected chi connectivity index (χ0v) is 13.9. The van der Waals surface area contributed by atoms with Crippen LogP contribution in [0, 0.1) is 5.82 Å². The first-order valence-electron chi connectivity index (χ1n) is 7.87. The van der Waals surface area contributed by atoms with Gasteiger partial charge in [-0.25, -0.2) is 9.18 Å². The predicted octanol–water partition coefficient (Wildman–Crippen LogP) is 3.00. The van der Waals surface area contributed by atoms with Gasteiger partial charge in [0.25, 0.3) is 0 Å². The molecule has 1 fully saturated rings. The van der Waals surface area contributed by atoms with Gasteiger partial charge >= 0.3 is 6.09 Å². The smallest absolute Gasteiger partial charge is 0.410 e. The van der Waals surface area contributed by atoms with Crippen molar-refractivity contribution in [2.75, 3.05) is 25.0 Å². The second-order valence-corrected chi connectivity index (χ2v) is 7.06. The standard InChI is InChI=1S/C17H25FN2O3/c1-16(2,3)23-15(21)20-9-7-17(22,8-10-20)12-19-14-6-4-5-13(18)11-14/h4-6,11,19,22H,7-10,12H2,1-3H3. The lowest BCUT2D eigenvalue weighted by molar-refractivity contribution is -0.0244. The Morgan fingerprint density at radius 2 is 2.04 bits per heavy atom. The molecule has 0 atom stereocenters. The van der Waals surface area contributed by atoms with Crippen LogP contribution in [-0.4, -0.2) is 46.9 Å². The van der Waals surface area contributed by atoms with Crippen LogP contribution in [0.4, 0.5) is 14.9 Å². The number of hydrogen-bond acceptors (Lipinski definition) is 4. The molecule has 0 bridgehead atoms. The Bertz CT molecular complexity index is 549. The van der Waals surface area contributed by atoms with Gasteiger partial charge in [-0.3, -0.25) is 0 Å². The monoisotopic (exact) mass is 324 g/mol. The van der Waals surface area contributed by atoms with Crippen molar-refractivity contribution in [2.24, 2.45) is 0 Å². The Kier molecular flexibility index (Phi) is 5.14. The number of benzene rings is 1. The minimum absolute atomic E-state index is 0.318. The van der Waals surface area contributed by atoms with E-state index in [-0.39, 0.29) is 11.9 Å². The predicted molar refractivity (Wildman–Crippen MR) is 86.9 cm³/mol. The topological polar surface area (TPSA) is 61.8 Å². The zero-order valence-electron chi connectivity index (χ0n) is 13.9. The summed E-state index contributed by atoms with van der Waals surface area (Å²) in [6, 6.07) is 6.13. The summed E-state index contributed by atoms with van der Waals surface area (Å²) in [6.45, 7) is 6.68. The number of carbonyl (C=O) groups excluding carboxylic acids is 1. The van der Waals surface area contributed by atoms with Crippen molar-refractivity contribution in [3.8, 4) is 0 Å². The van der Waals surface area contributed by atoms with Gasteiger partial charge < -0.3 is 20.1 Å². The number of piperidine rings is 1. The number of nitrogens with zero attached hydrogens (tertiary/aromatic N) is 1. The Morgan fingerprint density at radius 1 is 1.39 bits per heavy atom. The third-order valence-electron chi connectivity index (χ3n) is 3.79. The molecule has 1 heterocycles. The van der Waals surface area contributed by atoms with Crippen molar-refractivity contribution in [2.45, 2.75) is 44.8 Å². The van der Waals surface area contributed by atoms with Crippen LogP contribution in [0.1, 0.15) is 33.6 Å². The van der Waals surface area contributed by atoms with E-state index in [1.807, 2.05) is 20.8 Å². The summed E-state index contributed by atoms with van der Waals surface area (Å²) in [6.07, 6.45) is 0.556. The summed E-state index contributed by atoms with van der Waals surface area (Å²) in [5.41, 5.74) is -0.804. The first-order chi connectivity index (χ1) is 10.7. The molecule has 5 nitrogen and oxygen atoms in total. The molecule has 0 aliphatic carbocycles. The van der Waals surface area contributed by atoms with Gasteiger partial charge in [-0.1, -0.05) is 6.07 Å². The van der Waals surface area contributed by atoms with Crippen molar-refractivity contribution in [3.63, 3.8) is 0 Å². The SMILES string of the molecule is CC(C)(C)OC(=O)N1CCC(O)(CNc2cccc(F)c2)CC1. The molecule has 23 heavy (non-hydrogen) atoms. The molecule has 1 aromatic carbocycles. The van der Waals surface area contributed by atoms with Crippen LogP contribution in [0.2, 0.25) is 0 Å². The van der Waals surface area contributed by atoms with Gasteiger partial charge in [0.1, 0.15) is 11.4 Å². The molecule has 128 valence electrons. The lowest BCUT2D eigenvalue weighted by atomic mass is 9.91. The van der Waals surface area contributed by atoms with Gasteiger partial charge in [0.2, 0.25) is 0 Å². The molecule has 0 unspecified atom stereocenters. The van der Waals surface area contributed by atoms with Crippen molar-refractivity contribution in [1.29, 1.82) is 0 Å². The van der Waals surface area contributed by atoms with E-state index in [1.54, 1.807) is 17.0 Å². The number of aliphatic hydroxyl groups is 1. The maximum atomic E-state index is 13.1. The number of anilines is 1. The summed E-state index contributed by atoms with van der Waals surface area (Å²) in [4.78, 5) is 13.6. The van der Waals surface area contributed by atoms with Crippen LogP contribution in [0.25, 0.3) is 0 Å². The number of nitrogens with one attached hydrogen (secondary N) is 1.